The summed E-state index contributed by atoms with van der Waals surface area (Å²) in [4.78, 5) is 1.60. The maximum atomic E-state index is 3.80. The second-order valence-corrected chi connectivity index (χ2v) is 8.11. The van der Waals surface area contributed by atoms with Crippen LogP contribution in [0.15, 0.2) is 9.85 Å². The van der Waals surface area contributed by atoms with Crippen LogP contribution < -0.4 is 5.32 Å². The van der Waals surface area contributed by atoms with E-state index in [9.17, 15) is 0 Å². The molecule has 1 N–H and O–H groups in total. The summed E-state index contributed by atoms with van der Waals surface area (Å²) in [5.74, 6) is 1.88. The van der Waals surface area contributed by atoms with Crippen LogP contribution in [0.5, 0.6) is 0 Å². The number of hydrogen-bond donors (Lipinski definition) is 1. The quantitative estimate of drug-likeness (QED) is 0.861. The molecule has 1 heterocycles. The molecule has 3 heteroatoms. The van der Waals surface area contributed by atoms with Crippen molar-refractivity contribution >= 4 is 27.3 Å². The molecule has 1 fully saturated rings. The predicted molar refractivity (Wildman–Crippen MR) is 77.6 cm³/mol. The molecule has 2 aliphatic carbocycles. The fourth-order valence-electron chi connectivity index (χ4n) is 2.89. The number of rotatable bonds is 4. The van der Waals surface area contributed by atoms with E-state index >= 15 is 0 Å². The van der Waals surface area contributed by atoms with Gasteiger partial charge >= 0.3 is 0 Å². The summed E-state index contributed by atoms with van der Waals surface area (Å²) in [5.41, 5.74) is 1.57. The van der Waals surface area contributed by atoms with Crippen LogP contribution in [0.3, 0.4) is 0 Å². The van der Waals surface area contributed by atoms with Crippen molar-refractivity contribution in [3.05, 3.63) is 20.3 Å². The highest BCUT2D eigenvalue weighted by Gasteiger charge is 2.29. The van der Waals surface area contributed by atoms with E-state index in [0.29, 0.717) is 6.04 Å². The minimum Gasteiger partial charge on any atom is -0.310 e. The van der Waals surface area contributed by atoms with Crippen LogP contribution in [0.25, 0.3) is 0 Å². The first-order valence-electron chi connectivity index (χ1n) is 6.75. The fourth-order valence-corrected chi connectivity index (χ4v) is 4.71. The summed E-state index contributed by atoms with van der Waals surface area (Å²) < 4.78 is 1.30. The average molecular weight is 314 g/mol. The second kappa shape index (κ2) is 5.02. The van der Waals surface area contributed by atoms with Gasteiger partial charge in [0.25, 0.3) is 0 Å². The highest BCUT2D eigenvalue weighted by atomic mass is 79.9. The van der Waals surface area contributed by atoms with Crippen LogP contribution in [0.4, 0.5) is 0 Å². The zero-order valence-electron chi connectivity index (χ0n) is 10.3. The molecule has 1 aromatic rings. The molecule has 3 rings (SSSR count). The van der Waals surface area contributed by atoms with Crippen molar-refractivity contribution in [1.29, 1.82) is 0 Å². The van der Waals surface area contributed by atoms with Crippen LogP contribution in [0.1, 0.15) is 49.1 Å². The summed E-state index contributed by atoms with van der Waals surface area (Å²) in [7, 11) is 0. The largest absolute Gasteiger partial charge is 0.310 e. The molecular formula is C14H20BrNS. The Labute approximate surface area is 116 Å². The van der Waals surface area contributed by atoms with Crippen molar-refractivity contribution in [3.63, 3.8) is 0 Å². The van der Waals surface area contributed by atoms with Gasteiger partial charge in [-0.3, -0.25) is 0 Å². The molecule has 0 radical (unpaired) electrons. The summed E-state index contributed by atoms with van der Waals surface area (Å²) in [5, 5.41) is 3.80. The zero-order chi connectivity index (χ0) is 11.8. The molecule has 0 bridgehead atoms. The van der Waals surface area contributed by atoms with Crippen LogP contribution in [-0.2, 0) is 6.42 Å². The lowest BCUT2D eigenvalue weighted by Gasteiger charge is -2.25. The average Bonchev–Trinajstić information content (AvgIpc) is 3.08. The minimum atomic E-state index is 0.613. The van der Waals surface area contributed by atoms with E-state index in [0.717, 1.165) is 11.8 Å². The Bertz CT molecular complexity index is 397. The first-order chi connectivity index (χ1) is 8.24. The van der Waals surface area contributed by atoms with Crippen molar-refractivity contribution in [1.82, 2.24) is 5.32 Å². The van der Waals surface area contributed by atoms with Gasteiger partial charge in [-0.15, -0.1) is 11.3 Å². The molecule has 17 heavy (non-hydrogen) atoms. The van der Waals surface area contributed by atoms with Gasteiger partial charge in [0, 0.05) is 10.9 Å². The van der Waals surface area contributed by atoms with E-state index in [1.165, 1.54) is 42.4 Å². The Kier molecular flexibility index (Phi) is 3.60. The minimum absolute atomic E-state index is 0.613. The predicted octanol–water partition coefficient (Wildman–Crippen LogP) is 4.52. The Morgan fingerprint density at radius 3 is 3.06 bits per heavy atom. The van der Waals surface area contributed by atoms with Crippen molar-refractivity contribution in [3.8, 4) is 0 Å². The molecule has 2 aliphatic rings. The number of hydrogen-bond acceptors (Lipinski definition) is 2. The Hall–Kier alpha value is 0.140. The lowest BCUT2D eigenvalue weighted by molar-refractivity contribution is 0.393. The lowest BCUT2D eigenvalue weighted by atomic mass is 9.93. The van der Waals surface area contributed by atoms with Crippen molar-refractivity contribution in [2.45, 2.75) is 45.1 Å². The van der Waals surface area contributed by atoms with Gasteiger partial charge in [-0.05, 0) is 78.0 Å². The van der Waals surface area contributed by atoms with E-state index in [1.807, 2.05) is 11.3 Å². The van der Waals surface area contributed by atoms with Crippen molar-refractivity contribution < 1.29 is 0 Å². The molecule has 1 aromatic heterocycles. The van der Waals surface area contributed by atoms with Gasteiger partial charge in [0.1, 0.15) is 0 Å². The van der Waals surface area contributed by atoms with Crippen LogP contribution in [0.2, 0.25) is 0 Å². The van der Waals surface area contributed by atoms with Crippen LogP contribution in [0, 0.1) is 11.8 Å². The number of thiophene rings is 1. The Morgan fingerprint density at radius 1 is 1.47 bits per heavy atom. The zero-order valence-corrected chi connectivity index (χ0v) is 12.7. The van der Waals surface area contributed by atoms with Gasteiger partial charge < -0.3 is 5.32 Å². The van der Waals surface area contributed by atoms with Crippen molar-refractivity contribution in [2.75, 3.05) is 6.54 Å². The maximum Gasteiger partial charge on any atom is 0.0704 e. The summed E-state index contributed by atoms with van der Waals surface area (Å²) in [6.45, 7) is 3.60. The molecule has 0 aromatic carbocycles. The molecule has 0 saturated heterocycles. The number of nitrogens with one attached hydrogen (secondary N) is 1. The van der Waals surface area contributed by atoms with E-state index in [1.54, 1.807) is 10.4 Å². The molecule has 0 spiro atoms. The van der Waals surface area contributed by atoms with Crippen molar-refractivity contribution in [2.24, 2.45) is 11.8 Å². The monoisotopic (exact) mass is 313 g/mol. The third kappa shape index (κ3) is 2.77. The highest BCUT2D eigenvalue weighted by molar-refractivity contribution is 9.11. The van der Waals surface area contributed by atoms with Gasteiger partial charge in [0.05, 0.1) is 3.79 Å². The highest BCUT2D eigenvalue weighted by Crippen LogP contribution is 2.39. The topological polar surface area (TPSA) is 12.0 Å². The van der Waals surface area contributed by atoms with E-state index in [-0.39, 0.29) is 0 Å². The molecule has 94 valence electrons. The summed E-state index contributed by atoms with van der Waals surface area (Å²) in [6, 6.07) is 2.95. The van der Waals surface area contributed by atoms with Gasteiger partial charge in [0.15, 0.2) is 0 Å². The van der Waals surface area contributed by atoms with Gasteiger partial charge in [-0.25, -0.2) is 0 Å². The van der Waals surface area contributed by atoms with E-state index in [4.69, 9.17) is 0 Å². The number of aryl methyl sites for hydroxylation is 1. The maximum absolute atomic E-state index is 3.80. The van der Waals surface area contributed by atoms with Gasteiger partial charge in [0.2, 0.25) is 0 Å². The van der Waals surface area contributed by atoms with Crippen LogP contribution in [-0.4, -0.2) is 6.54 Å². The first kappa shape index (κ1) is 12.2. The smallest absolute Gasteiger partial charge is 0.0704 e. The summed E-state index contributed by atoms with van der Waals surface area (Å²) in [6.07, 6.45) is 6.86. The molecule has 0 amide bonds. The normalized spacial score (nSPS) is 25.6. The third-order valence-electron chi connectivity index (χ3n) is 4.20. The summed E-state index contributed by atoms with van der Waals surface area (Å²) >= 11 is 5.55. The molecule has 0 aliphatic heterocycles. The van der Waals surface area contributed by atoms with Crippen LogP contribution >= 0.6 is 27.3 Å². The molecule has 1 saturated carbocycles. The van der Waals surface area contributed by atoms with E-state index < -0.39 is 0 Å². The lowest BCUT2D eigenvalue weighted by Crippen LogP contribution is -2.29. The second-order valence-electron chi connectivity index (χ2n) is 5.60. The number of halogens is 1. The fraction of sp³-hybridized carbons (Fsp3) is 0.714. The van der Waals surface area contributed by atoms with E-state index in [2.05, 4.69) is 34.2 Å². The Morgan fingerprint density at radius 2 is 2.29 bits per heavy atom. The van der Waals surface area contributed by atoms with Gasteiger partial charge in [-0.1, -0.05) is 6.92 Å². The standard InChI is InChI=1S/C14H20BrNS/c1-9(10-5-6-10)8-16-12-3-2-4-13-11(12)7-14(15)17-13/h7,9-10,12,16H,2-6,8H2,1H3. The molecular weight excluding hydrogens is 294 g/mol. The van der Waals surface area contributed by atoms with Gasteiger partial charge in [-0.2, -0.15) is 0 Å². The molecule has 2 unspecified atom stereocenters. The molecule has 2 atom stereocenters. The molecule has 1 nitrogen and oxygen atoms in total. The Balaban J connectivity index is 1.63. The number of fused-ring (bicyclic) bond motifs is 1. The third-order valence-corrected chi connectivity index (χ3v) is 5.91. The first-order valence-corrected chi connectivity index (χ1v) is 8.36. The SMILES string of the molecule is CC(CNC1CCCc2sc(Br)cc21)C1CC1.